The summed E-state index contributed by atoms with van der Waals surface area (Å²) in [6.07, 6.45) is 3.18. The van der Waals surface area contributed by atoms with Gasteiger partial charge in [0.25, 0.3) is 5.91 Å². The van der Waals surface area contributed by atoms with Crippen LogP contribution in [-0.4, -0.2) is 37.2 Å². The van der Waals surface area contributed by atoms with Crippen molar-refractivity contribution in [2.75, 3.05) is 11.9 Å². The molecule has 5 aromatic rings. The van der Waals surface area contributed by atoms with Crippen LogP contribution in [0.3, 0.4) is 0 Å². The van der Waals surface area contributed by atoms with Crippen LogP contribution in [0, 0.1) is 6.92 Å². The van der Waals surface area contributed by atoms with Gasteiger partial charge in [-0.2, -0.15) is 0 Å². The summed E-state index contributed by atoms with van der Waals surface area (Å²) < 4.78 is 7.52. The van der Waals surface area contributed by atoms with Crippen molar-refractivity contribution in [2.45, 2.75) is 6.92 Å². The lowest BCUT2D eigenvalue weighted by molar-refractivity contribution is -0.118. The lowest BCUT2D eigenvalue weighted by atomic mass is 10.2. The summed E-state index contributed by atoms with van der Waals surface area (Å²) >= 11 is 0. The number of amides is 1. The van der Waals surface area contributed by atoms with Gasteiger partial charge in [-0.1, -0.05) is 18.2 Å². The Kier molecular flexibility index (Phi) is 5.09. The zero-order chi connectivity index (χ0) is 21.9. The second-order valence-electron chi connectivity index (χ2n) is 7.36. The molecule has 1 amide bonds. The van der Waals surface area contributed by atoms with Gasteiger partial charge in [-0.05, 0) is 61.0 Å². The molecule has 2 aromatic heterocycles. The van der Waals surface area contributed by atoms with Crippen LogP contribution in [0.1, 0.15) is 5.56 Å². The van der Waals surface area contributed by atoms with Crippen LogP contribution in [0.25, 0.3) is 28.1 Å². The minimum absolute atomic E-state index is 0.122. The normalized spacial score (nSPS) is 10.9. The summed E-state index contributed by atoms with van der Waals surface area (Å²) in [6, 6.07) is 21.1. The molecular weight excluding hydrogens is 404 g/mol. The monoisotopic (exact) mass is 424 g/mol. The molecular formula is C24H20N6O2. The lowest BCUT2D eigenvalue weighted by Gasteiger charge is -2.12. The van der Waals surface area contributed by atoms with Crippen molar-refractivity contribution >= 4 is 22.6 Å². The van der Waals surface area contributed by atoms with Crippen LogP contribution in [0.5, 0.6) is 5.75 Å². The number of hydrogen-bond acceptors (Lipinski definition) is 5. The molecule has 32 heavy (non-hydrogen) atoms. The molecule has 2 heterocycles. The molecule has 0 saturated heterocycles. The van der Waals surface area contributed by atoms with Gasteiger partial charge in [0.1, 0.15) is 24.2 Å². The van der Waals surface area contributed by atoms with E-state index in [2.05, 4.69) is 25.5 Å². The molecule has 0 atom stereocenters. The Bertz CT molecular complexity index is 1340. The van der Waals surface area contributed by atoms with Crippen LogP contribution in [0.2, 0.25) is 0 Å². The Morgan fingerprint density at radius 3 is 2.59 bits per heavy atom. The maximum Gasteiger partial charge on any atom is 0.262 e. The van der Waals surface area contributed by atoms with Crippen LogP contribution in [0.4, 0.5) is 5.69 Å². The number of carbonyl (C=O) groups excluding carboxylic acids is 1. The SMILES string of the molecule is Cc1ccc(OCC(=O)Nc2ccc(-c3nc4ccccc4[nH]3)cc2)c(-n2cnnc2)c1. The molecule has 0 spiro atoms. The van der Waals surface area contributed by atoms with E-state index >= 15 is 0 Å². The van der Waals surface area contributed by atoms with Gasteiger partial charge in [-0.25, -0.2) is 4.98 Å². The first-order chi connectivity index (χ1) is 15.7. The van der Waals surface area contributed by atoms with Crippen LogP contribution >= 0.6 is 0 Å². The second-order valence-corrected chi connectivity index (χ2v) is 7.36. The van der Waals surface area contributed by atoms with Gasteiger partial charge >= 0.3 is 0 Å². The number of fused-ring (bicyclic) bond motifs is 1. The number of nitrogens with one attached hydrogen (secondary N) is 2. The molecule has 8 heteroatoms. The number of ether oxygens (including phenoxy) is 1. The summed E-state index contributed by atoms with van der Waals surface area (Å²) in [6.45, 7) is 1.86. The number of rotatable bonds is 6. The van der Waals surface area contributed by atoms with Crippen LogP contribution in [0.15, 0.2) is 79.4 Å². The number of para-hydroxylation sites is 2. The second kappa shape index (κ2) is 8.35. The average molecular weight is 424 g/mol. The van der Waals surface area contributed by atoms with E-state index in [9.17, 15) is 4.79 Å². The summed E-state index contributed by atoms with van der Waals surface area (Å²) in [5.41, 5.74) is 5.36. The van der Waals surface area contributed by atoms with E-state index < -0.39 is 0 Å². The third kappa shape index (κ3) is 4.06. The fourth-order valence-corrected chi connectivity index (χ4v) is 3.42. The molecule has 0 radical (unpaired) electrons. The van der Waals surface area contributed by atoms with Gasteiger partial charge in [0.2, 0.25) is 0 Å². The molecule has 0 aliphatic heterocycles. The number of hydrogen-bond donors (Lipinski definition) is 2. The fourth-order valence-electron chi connectivity index (χ4n) is 3.42. The molecule has 8 nitrogen and oxygen atoms in total. The highest BCUT2D eigenvalue weighted by Gasteiger charge is 2.10. The van der Waals surface area contributed by atoms with E-state index in [1.165, 1.54) is 0 Å². The average Bonchev–Trinajstić information content (AvgIpc) is 3.49. The number of H-pyrrole nitrogens is 1. The van der Waals surface area contributed by atoms with Crippen molar-refractivity contribution < 1.29 is 9.53 Å². The van der Waals surface area contributed by atoms with E-state index in [-0.39, 0.29) is 12.5 Å². The highest BCUT2D eigenvalue weighted by molar-refractivity contribution is 5.92. The van der Waals surface area contributed by atoms with Crippen LogP contribution < -0.4 is 10.1 Å². The quantitative estimate of drug-likeness (QED) is 0.427. The first-order valence-electron chi connectivity index (χ1n) is 10.1. The van der Waals surface area contributed by atoms with Crippen molar-refractivity contribution in [3.63, 3.8) is 0 Å². The molecule has 0 saturated carbocycles. The van der Waals surface area contributed by atoms with E-state index in [1.807, 2.05) is 73.7 Å². The number of anilines is 1. The molecule has 5 rings (SSSR count). The first-order valence-corrected chi connectivity index (χ1v) is 10.1. The minimum atomic E-state index is -0.253. The Morgan fingerprint density at radius 2 is 1.81 bits per heavy atom. The molecule has 0 aliphatic rings. The van der Waals surface area contributed by atoms with E-state index in [0.717, 1.165) is 33.7 Å². The Balaban J connectivity index is 1.24. The first kappa shape index (κ1) is 19.5. The van der Waals surface area contributed by atoms with E-state index in [1.54, 1.807) is 17.2 Å². The standard InChI is InChI=1S/C24H20N6O2/c1-16-6-11-22(21(12-16)30-14-25-26-15-30)32-13-23(31)27-18-9-7-17(8-10-18)24-28-19-4-2-3-5-20(19)29-24/h2-12,14-15H,13H2,1H3,(H,27,31)(H,28,29). The van der Waals surface area contributed by atoms with Crippen molar-refractivity contribution in [2.24, 2.45) is 0 Å². The fraction of sp³-hybridized carbons (Fsp3) is 0.0833. The molecule has 0 fully saturated rings. The summed E-state index contributed by atoms with van der Waals surface area (Å²) in [4.78, 5) is 20.3. The predicted molar refractivity (Wildman–Crippen MR) is 122 cm³/mol. The number of aryl methyl sites for hydroxylation is 1. The molecule has 2 N–H and O–H groups in total. The van der Waals surface area contributed by atoms with Gasteiger partial charge in [0, 0.05) is 11.3 Å². The molecule has 0 unspecified atom stereocenters. The largest absolute Gasteiger partial charge is 0.482 e. The third-order valence-electron chi connectivity index (χ3n) is 5.00. The summed E-state index contributed by atoms with van der Waals surface area (Å²) in [5.74, 6) is 1.11. The number of carbonyl (C=O) groups is 1. The lowest BCUT2D eigenvalue weighted by Crippen LogP contribution is -2.20. The molecule has 158 valence electrons. The summed E-state index contributed by atoms with van der Waals surface area (Å²) in [7, 11) is 0. The Hall–Kier alpha value is -4.46. The zero-order valence-corrected chi connectivity index (χ0v) is 17.3. The maximum atomic E-state index is 12.4. The Morgan fingerprint density at radius 1 is 1.03 bits per heavy atom. The minimum Gasteiger partial charge on any atom is -0.482 e. The van der Waals surface area contributed by atoms with Crippen molar-refractivity contribution in [1.82, 2.24) is 24.7 Å². The topological polar surface area (TPSA) is 97.7 Å². The number of nitrogens with zero attached hydrogens (tertiary/aromatic N) is 4. The van der Waals surface area contributed by atoms with Gasteiger partial charge in [0.15, 0.2) is 6.61 Å². The van der Waals surface area contributed by atoms with Gasteiger partial charge in [0.05, 0.1) is 16.7 Å². The molecule has 0 bridgehead atoms. The van der Waals surface area contributed by atoms with Gasteiger partial charge < -0.3 is 15.0 Å². The number of imidazole rings is 1. The van der Waals surface area contributed by atoms with Crippen LogP contribution in [-0.2, 0) is 4.79 Å². The maximum absolute atomic E-state index is 12.4. The summed E-state index contributed by atoms with van der Waals surface area (Å²) in [5, 5.41) is 10.5. The Labute approximate surface area is 183 Å². The van der Waals surface area contributed by atoms with E-state index in [0.29, 0.717) is 11.4 Å². The predicted octanol–water partition coefficient (Wildman–Crippen LogP) is 4.14. The highest BCUT2D eigenvalue weighted by Crippen LogP contribution is 2.24. The zero-order valence-electron chi connectivity index (χ0n) is 17.3. The number of aromatic nitrogens is 5. The third-order valence-corrected chi connectivity index (χ3v) is 5.00. The smallest absolute Gasteiger partial charge is 0.262 e. The molecule has 3 aromatic carbocycles. The number of benzene rings is 3. The van der Waals surface area contributed by atoms with Gasteiger partial charge in [-0.3, -0.25) is 9.36 Å². The van der Waals surface area contributed by atoms with Crippen molar-refractivity contribution in [3.8, 4) is 22.8 Å². The number of aromatic amines is 1. The van der Waals surface area contributed by atoms with Crippen molar-refractivity contribution in [1.29, 1.82) is 0 Å². The van der Waals surface area contributed by atoms with Gasteiger partial charge in [-0.15, -0.1) is 10.2 Å². The van der Waals surface area contributed by atoms with E-state index in [4.69, 9.17) is 4.74 Å². The highest BCUT2D eigenvalue weighted by atomic mass is 16.5. The molecule has 0 aliphatic carbocycles. The van der Waals surface area contributed by atoms with Crippen molar-refractivity contribution in [3.05, 3.63) is 84.9 Å².